The molecule has 0 amide bonds. The highest BCUT2D eigenvalue weighted by atomic mass is 15.1. The minimum Gasteiger partial charge on any atom is -0.369 e. The van der Waals surface area contributed by atoms with Crippen molar-refractivity contribution in [1.82, 2.24) is 9.88 Å². The molecule has 0 radical (unpaired) electrons. The Kier molecular flexibility index (Phi) is 3.19. The van der Waals surface area contributed by atoms with Gasteiger partial charge in [0.05, 0.1) is 11.9 Å². The molecule has 0 saturated carbocycles. The fourth-order valence-corrected chi connectivity index (χ4v) is 0.899. The summed E-state index contributed by atoms with van der Waals surface area (Å²) in [4.78, 5) is 10.1. The SMILES string of the molecule is Cc1ccc(C#N)c(/N=C/N(C)C)n1. The van der Waals surface area contributed by atoms with E-state index in [1.54, 1.807) is 23.4 Å². The molecular formula is C10H12N4. The van der Waals surface area contributed by atoms with Crippen LogP contribution in [0.3, 0.4) is 0 Å². The molecule has 1 rings (SSSR count). The Balaban J connectivity index is 3.06. The van der Waals surface area contributed by atoms with Gasteiger partial charge >= 0.3 is 0 Å². The zero-order valence-corrected chi connectivity index (χ0v) is 8.52. The van der Waals surface area contributed by atoms with E-state index in [-0.39, 0.29) is 0 Å². The summed E-state index contributed by atoms with van der Waals surface area (Å²) in [5, 5.41) is 8.80. The molecule has 14 heavy (non-hydrogen) atoms. The lowest BCUT2D eigenvalue weighted by atomic mass is 10.2. The van der Waals surface area contributed by atoms with Crippen LogP contribution in [0.4, 0.5) is 5.82 Å². The van der Waals surface area contributed by atoms with Gasteiger partial charge in [-0.2, -0.15) is 5.26 Å². The Morgan fingerprint density at radius 3 is 2.79 bits per heavy atom. The van der Waals surface area contributed by atoms with Crippen molar-refractivity contribution in [1.29, 1.82) is 5.26 Å². The molecule has 0 aromatic carbocycles. The summed E-state index contributed by atoms with van der Waals surface area (Å²) < 4.78 is 0. The summed E-state index contributed by atoms with van der Waals surface area (Å²) in [7, 11) is 3.73. The monoisotopic (exact) mass is 188 g/mol. The lowest BCUT2D eigenvalue weighted by Crippen LogP contribution is -2.07. The Morgan fingerprint density at radius 1 is 1.50 bits per heavy atom. The number of aryl methyl sites for hydroxylation is 1. The van der Waals surface area contributed by atoms with E-state index in [1.807, 2.05) is 21.0 Å². The quantitative estimate of drug-likeness (QED) is 0.522. The van der Waals surface area contributed by atoms with E-state index in [0.29, 0.717) is 11.4 Å². The summed E-state index contributed by atoms with van der Waals surface area (Å²) in [6.45, 7) is 1.87. The van der Waals surface area contributed by atoms with Crippen LogP contribution in [0.15, 0.2) is 17.1 Å². The van der Waals surface area contributed by atoms with Crippen molar-refractivity contribution in [2.24, 2.45) is 4.99 Å². The maximum absolute atomic E-state index is 8.80. The van der Waals surface area contributed by atoms with E-state index in [1.165, 1.54) is 0 Å². The zero-order chi connectivity index (χ0) is 10.6. The smallest absolute Gasteiger partial charge is 0.171 e. The van der Waals surface area contributed by atoms with Gasteiger partial charge < -0.3 is 4.90 Å². The number of nitrogens with zero attached hydrogens (tertiary/aromatic N) is 4. The van der Waals surface area contributed by atoms with E-state index in [2.05, 4.69) is 16.0 Å². The van der Waals surface area contributed by atoms with Crippen LogP contribution >= 0.6 is 0 Å². The van der Waals surface area contributed by atoms with Crippen LogP contribution in [0.2, 0.25) is 0 Å². The van der Waals surface area contributed by atoms with Gasteiger partial charge in [-0.3, -0.25) is 0 Å². The zero-order valence-electron chi connectivity index (χ0n) is 8.52. The van der Waals surface area contributed by atoms with E-state index in [4.69, 9.17) is 5.26 Å². The molecule has 0 aliphatic carbocycles. The van der Waals surface area contributed by atoms with Crippen LogP contribution in [0.5, 0.6) is 0 Å². The molecule has 4 heteroatoms. The summed E-state index contributed by atoms with van der Waals surface area (Å²) in [6.07, 6.45) is 1.63. The maximum atomic E-state index is 8.80. The van der Waals surface area contributed by atoms with E-state index < -0.39 is 0 Å². The van der Waals surface area contributed by atoms with Gasteiger partial charge in [-0.25, -0.2) is 9.98 Å². The van der Waals surface area contributed by atoms with Crippen molar-refractivity contribution in [3.05, 3.63) is 23.4 Å². The van der Waals surface area contributed by atoms with E-state index in [9.17, 15) is 0 Å². The molecule has 72 valence electrons. The Morgan fingerprint density at radius 2 is 2.21 bits per heavy atom. The standard InChI is InChI=1S/C10H12N4/c1-8-4-5-9(6-11)10(13-8)12-7-14(2)3/h4-5,7H,1-3H3/b12-7+. The number of hydrogen-bond donors (Lipinski definition) is 0. The van der Waals surface area contributed by atoms with Crippen LogP contribution in [-0.2, 0) is 0 Å². The number of aliphatic imine (C=N–C) groups is 1. The molecule has 1 heterocycles. The third-order valence-corrected chi connectivity index (χ3v) is 1.55. The Labute approximate surface area is 83.5 Å². The Hall–Kier alpha value is -1.89. The molecule has 0 saturated heterocycles. The molecule has 0 bridgehead atoms. The first-order chi connectivity index (χ1) is 6.63. The second-order valence-corrected chi connectivity index (χ2v) is 3.14. The highest BCUT2D eigenvalue weighted by Gasteiger charge is 2.00. The van der Waals surface area contributed by atoms with E-state index >= 15 is 0 Å². The first-order valence-electron chi connectivity index (χ1n) is 4.22. The van der Waals surface area contributed by atoms with Gasteiger partial charge in [0.2, 0.25) is 0 Å². The van der Waals surface area contributed by atoms with Gasteiger partial charge in [0.15, 0.2) is 5.82 Å². The van der Waals surface area contributed by atoms with Crippen molar-refractivity contribution in [2.45, 2.75) is 6.92 Å². The molecule has 0 spiro atoms. The molecule has 0 fully saturated rings. The fraction of sp³-hybridized carbons (Fsp3) is 0.300. The molecule has 0 atom stereocenters. The van der Waals surface area contributed by atoms with Gasteiger partial charge in [0, 0.05) is 19.8 Å². The lowest BCUT2D eigenvalue weighted by Gasteiger charge is -2.03. The van der Waals surface area contributed by atoms with Crippen molar-refractivity contribution in [3.8, 4) is 6.07 Å². The Bertz CT molecular complexity index is 388. The summed E-state index contributed by atoms with van der Waals surface area (Å²) >= 11 is 0. The van der Waals surface area contributed by atoms with Crippen LogP contribution in [0, 0.1) is 18.3 Å². The number of aromatic nitrogens is 1. The normalized spacial score (nSPS) is 10.1. The average molecular weight is 188 g/mol. The average Bonchev–Trinajstić information content (AvgIpc) is 2.15. The van der Waals surface area contributed by atoms with Gasteiger partial charge in [-0.15, -0.1) is 0 Å². The molecule has 0 aliphatic rings. The molecule has 4 nitrogen and oxygen atoms in total. The second-order valence-electron chi connectivity index (χ2n) is 3.14. The third-order valence-electron chi connectivity index (χ3n) is 1.55. The van der Waals surface area contributed by atoms with Crippen LogP contribution in [0.25, 0.3) is 0 Å². The predicted octanol–water partition coefficient (Wildman–Crippen LogP) is 1.48. The van der Waals surface area contributed by atoms with Gasteiger partial charge in [-0.1, -0.05) is 0 Å². The van der Waals surface area contributed by atoms with E-state index in [0.717, 1.165) is 5.69 Å². The van der Waals surface area contributed by atoms with Crippen LogP contribution < -0.4 is 0 Å². The van der Waals surface area contributed by atoms with Gasteiger partial charge in [-0.05, 0) is 19.1 Å². The van der Waals surface area contributed by atoms with Crippen molar-refractivity contribution >= 4 is 12.2 Å². The fourth-order valence-electron chi connectivity index (χ4n) is 0.899. The number of rotatable bonds is 2. The highest BCUT2D eigenvalue weighted by Crippen LogP contribution is 2.14. The first kappa shape index (κ1) is 10.2. The van der Waals surface area contributed by atoms with Gasteiger partial charge in [0.25, 0.3) is 0 Å². The van der Waals surface area contributed by atoms with Crippen LogP contribution in [0.1, 0.15) is 11.3 Å². The topological polar surface area (TPSA) is 52.3 Å². The summed E-state index contributed by atoms with van der Waals surface area (Å²) in [5.41, 5.74) is 1.35. The maximum Gasteiger partial charge on any atom is 0.171 e. The van der Waals surface area contributed by atoms with Crippen LogP contribution in [-0.4, -0.2) is 30.3 Å². The summed E-state index contributed by atoms with van der Waals surface area (Å²) in [6, 6.07) is 5.58. The van der Waals surface area contributed by atoms with Crippen molar-refractivity contribution in [2.75, 3.05) is 14.1 Å². The minimum atomic E-state index is 0.473. The molecule has 0 aliphatic heterocycles. The predicted molar refractivity (Wildman–Crippen MR) is 55.5 cm³/mol. The van der Waals surface area contributed by atoms with Crippen molar-refractivity contribution < 1.29 is 0 Å². The number of nitriles is 1. The molecule has 0 N–H and O–H groups in total. The molecule has 1 aromatic heterocycles. The highest BCUT2D eigenvalue weighted by molar-refractivity contribution is 5.62. The molecular weight excluding hydrogens is 176 g/mol. The third kappa shape index (κ3) is 2.56. The number of pyridine rings is 1. The minimum absolute atomic E-state index is 0.473. The molecule has 0 unspecified atom stereocenters. The summed E-state index contributed by atoms with van der Waals surface area (Å²) in [5.74, 6) is 0.473. The first-order valence-corrected chi connectivity index (χ1v) is 4.22. The largest absolute Gasteiger partial charge is 0.369 e. The number of hydrogen-bond acceptors (Lipinski definition) is 3. The molecule has 1 aromatic rings. The van der Waals surface area contributed by atoms with Gasteiger partial charge in [0.1, 0.15) is 6.07 Å². The lowest BCUT2D eigenvalue weighted by molar-refractivity contribution is 0.643. The van der Waals surface area contributed by atoms with Crippen molar-refractivity contribution in [3.63, 3.8) is 0 Å². The second kappa shape index (κ2) is 4.38.